The SMILES string of the molecule is C=C(C)Cn1ccn2nc(-c3cccc(OC)c3)cc2c1=O. The zero-order valence-corrected chi connectivity index (χ0v) is 12.6. The molecule has 2 aromatic heterocycles. The number of nitrogens with zero attached hydrogens (tertiary/aromatic N) is 3. The topological polar surface area (TPSA) is 48.5 Å². The van der Waals surface area contributed by atoms with Gasteiger partial charge in [0.2, 0.25) is 0 Å². The monoisotopic (exact) mass is 295 g/mol. The highest BCUT2D eigenvalue weighted by atomic mass is 16.5. The van der Waals surface area contributed by atoms with Gasteiger partial charge in [0.25, 0.3) is 5.56 Å². The minimum atomic E-state index is -0.0767. The van der Waals surface area contributed by atoms with E-state index in [4.69, 9.17) is 4.74 Å². The lowest BCUT2D eigenvalue weighted by atomic mass is 10.1. The van der Waals surface area contributed by atoms with Crippen molar-refractivity contribution in [2.75, 3.05) is 7.11 Å². The lowest BCUT2D eigenvalue weighted by Crippen LogP contribution is -2.21. The Balaban J connectivity index is 2.11. The van der Waals surface area contributed by atoms with Crippen LogP contribution < -0.4 is 10.3 Å². The summed E-state index contributed by atoms with van der Waals surface area (Å²) >= 11 is 0. The van der Waals surface area contributed by atoms with Crippen molar-refractivity contribution < 1.29 is 4.74 Å². The minimum absolute atomic E-state index is 0.0767. The van der Waals surface area contributed by atoms with Gasteiger partial charge in [-0.25, -0.2) is 4.52 Å². The summed E-state index contributed by atoms with van der Waals surface area (Å²) in [4.78, 5) is 12.5. The summed E-state index contributed by atoms with van der Waals surface area (Å²) in [5, 5.41) is 4.46. The average Bonchev–Trinajstić information content (AvgIpc) is 2.95. The summed E-state index contributed by atoms with van der Waals surface area (Å²) in [5.41, 5.74) is 3.05. The molecule has 0 atom stereocenters. The second-order valence-corrected chi connectivity index (χ2v) is 5.28. The van der Waals surface area contributed by atoms with Crippen molar-refractivity contribution in [3.05, 3.63) is 65.2 Å². The molecule has 0 aliphatic carbocycles. The predicted molar refractivity (Wildman–Crippen MR) is 86.3 cm³/mol. The molecule has 1 aromatic carbocycles. The van der Waals surface area contributed by atoms with Crippen molar-refractivity contribution in [1.82, 2.24) is 14.2 Å². The number of aromatic nitrogens is 3. The number of ether oxygens (including phenoxy) is 1. The summed E-state index contributed by atoms with van der Waals surface area (Å²) in [5.74, 6) is 0.759. The highest BCUT2D eigenvalue weighted by Gasteiger charge is 2.09. The Morgan fingerprint density at radius 2 is 2.14 bits per heavy atom. The van der Waals surface area contributed by atoms with Gasteiger partial charge in [-0.1, -0.05) is 24.3 Å². The first-order valence-electron chi connectivity index (χ1n) is 6.96. The predicted octanol–water partition coefficient (Wildman–Crippen LogP) is 2.75. The summed E-state index contributed by atoms with van der Waals surface area (Å²) in [6, 6.07) is 9.41. The Labute approximate surface area is 128 Å². The van der Waals surface area contributed by atoms with Gasteiger partial charge in [-0.15, -0.1) is 0 Å². The lowest BCUT2D eigenvalue weighted by molar-refractivity contribution is 0.415. The van der Waals surface area contributed by atoms with Gasteiger partial charge in [-0.2, -0.15) is 5.10 Å². The zero-order valence-electron chi connectivity index (χ0n) is 12.6. The second-order valence-electron chi connectivity index (χ2n) is 5.28. The molecule has 0 aliphatic rings. The maximum atomic E-state index is 12.5. The molecule has 22 heavy (non-hydrogen) atoms. The third-order valence-electron chi connectivity index (χ3n) is 3.41. The Morgan fingerprint density at radius 1 is 1.32 bits per heavy atom. The minimum Gasteiger partial charge on any atom is -0.497 e. The van der Waals surface area contributed by atoms with Crippen molar-refractivity contribution in [2.45, 2.75) is 13.5 Å². The molecule has 0 amide bonds. The van der Waals surface area contributed by atoms with E-state index in [0.29, 0.717) is 12.1 Å². The van der Waals surface area contributed by atoms with Gasteiger partial charge in [-0.05, 0) is 25.1 Å². The molecule has 0 N–H and O–H groups in total. The molecule has 0 spiro atoms. The molecule has 5 heteroatoms. The molecule has 0 saturated carbocycles. The van der Waals surface area contributed by atoms with Crippen LogP contribution in [0.25, 0.3) is 16.8 Å². The fourth-order valence-electron chi connectivity index (χ4n) is 2.37. The largest absolute Gasteiger partial charge is 0.497 e. The molecule has 112 valence electrons. The van der Waals surface area contributed by atoms with Crippen molar-refractivity contribution in [2.24, 2.45) is 0 Å². The van der Waals surface area contributed by atoms with Crippen LogP contribution in [-0.4, -0.2) is 21.3 Å². The summed E-state index contributed by atoms with van der Waals surface area (Å²) in [6.45, 7) is 6.25. The summed E-state index contributed by atoms with van der Waals surface area (Å²) < 4.78 is 8.46. The van der Waals surface area contributed by atoms with Crippen LogP contribution in [-0.2, 0) is 6.54 Å². The van der Waals surface area contributed by atoms with Gasteiger partial charge in [0.05, 0.1) is 12.8 Å². The number of hydrogen-bond donors (Lipinski definition) is 0. The van der Waals surface area contributed by atoms with Crippen LogP contribution >= 0.6 is 0 Å². The van der Waals surface area contributed by atoms with Gasteiger partial charge < -0.3 is 9.30 Å². The molecule has 0 aliphatic heterocycles. The smallest absolute Gasteiger partial charge is 0.276 e. The number of allylic oxidation sites excluding steroid dienone is 1. The van der Waals surface area contributed by atoms with Gasteiger partial charge in [0.1, 0.15) is 11.3 Å². The Kier molecular flexibility index (Phi) is 3.55. The molecule has 0 unspecified atom stereocenters. The van der Waals surface area contributed by atoms with E-state index in [1.54, 1.807) is 34.7 Å². The second kappa shape index (κ2) is 5.52. The highest BCUT2D eigenvalue weighted by molar-refractivity contribution is 5.66. The van der Waals surface area contributed by atoms with Crippen LogP contribution in [0.2, 0.25) is 0 Å². The quantitative estimate of drug-likeness (QED) is 0.695. The zero-order chi connectivity index (χ0) is 15.7. The van der Waals surface area contributed by atoms with E-state index in [-0.39, 0.29) is 5.56 Å². The van der Waals surface area contributed by atoms with Crippen LogP contribution in [0.5, 0.6) is 5.75 Å². The maximum Gasteiger partial charge on any atom is 0.276 e. The van der Waals surface area contributed by atoms with E-state index in [1.807, 2.05) is 31.2 Å². The Bertz CT molecular complexity index is 906. The standard InChI is InChI=1S/C17H17N3O2/c1-12(2)11-19-7-8-20-16(17(19)21)10-15(18-20)13-5-4-6-14(9-13)22-3/h4-10H,1,11H2,2-3H3. The fraction of sp³-hybridized carbons (Fsp3) is 0.176. The van der Waals surface area contributed by atoms with E-state index < -0.39 is 0 Å². The third kappa shape index (κ3) is 2.53. The number of methoxy groups -OCH3 is 1. The Morgan fingerprint density at radius 3 is 2.86 bits per heavy atom. The van der Waals surface area contributed by atoms with Crippen molar-refractivity contribution in [3.63, 3.8) is 0 Å². The van der Waals surface area contributed by atoms with E-state index >= 15 is 0 Å². The molecule has 0 radical (unpaired) electrons. The van der Waals surface area contributed by atoms with Gasteiger partial charge >= 0.3 is 0 Å². The molecule has 2 heterocycles. The third-order valence-corrected chi connectivity index (χ3v) is 3.41. The van der Waals surface area contributed by atoms with Gasteiger partial charge in [0, 0.05) is 24.5 Å². The molecule has 3 aromatic rings. The molecule has 0 fully saturated rings. The van der Waals surface area contributed by atoms with Crippen LogP contribution in [0.1, 0.15) is 6.92 Å². The van der Waals surface area contributed by atoms with Crippen LogP contribution in [0.3, 0.4) is 0 Å². The van der Waals surface area contributed by atoms with Gasteiger partial charge in [-0.3, -0.25) is 4.79 Å². The average molecular weight is 295 g/mol. The summed E-state index contributed by atoms with van der Waals surface area (Å²) in [7, 11) is 1.62. The molecule has 0 bridgehead atoms. The normalized spacial score (nSPS) is 10.8. The van der Waals surface area contributed by atoms with E-state index in [9.17, 15) is 4.79 Å². The first kappa shape index (κ1) is 14.1. The van der Waals surface area contributed by atoms with Crippen molar-refractivity contribution in [1.29, 1.82) is 0 Å². The molecule has 3 rings (SSSR count). The first-order chi connectivity index (χ1) is 10.6. The molecule has 5 nitrogen and oxygen atoms in total. The molecular formula is C17H17N3O2. The Hall–Kier alpha value is -2.82. The molecule has 0 saturated heterocycles. The fourth-order valence-corrected chi connectivity index (χ4v) is 2.37. The van der Waals surface area contributed by atoms with Crippen LogP contribution in [0, 0.1) is 0 Å². The maximum absolute atomic E-state index is 12.5. The summed E-state index contributed by atoms with van der Waals surface area (Å²) in [6.07, 6.45) is 3.51. The van der Waals surface area contributed by atoms with Crippen molar-refractivity contribution >= 4 is 5.52 Å². The molecular weight excluding hydrogens is 278 g/mol. The highest BCUT2D eigenvalue weighted by Crippen LogP contribution is 2.23. The van der Waals surface area contributed by atoms with Crippen LogP contribution in [0.15, 0.2) is 59.7 Å². The van der Waals surface area contributed by atoms with E-state index in [1.165, 1.54) is 0 Å². The number of benzene rings is 1. The van der Waals surface area contributed by atoms with Crippen LogP contribution in [0.4, 0.5) is 0 Å². The number of hydrogen-bond acceptors (Lipinski definition) is 3. The van der Waals surface area contributed by atoms with E-state index in [0.717, 1.165) is 22.6 Å². The van der Waals surface area contributed by atoms with E-state index in [2.05, 4.69) is 11.7 Å². The van der Waals surface area contributed by atoms with Gasteiger partial charge in [0.15, 0.2) is 0 Å². The first-order valence-corrected chi connectivity index (χ1v) is 6.96. The van der Waals surface area contributed by atoms with Crippen molar-refractivity contribution in [3.8, 4) is 17.0 Å². The lowest BCUT2D eigenvalue weighted by Gasteiger charge is -2.04. The number of rotatable bonds is 4. The number of fused-ring (bicyclic) bond motifs is 1.